The molecule has 0 unspecified atom stereocenters. The standard InChI is InChI=1S/C76H94ClN13O10S2/c1-49-69(101-48-82-49)53-11-9-50(10-12-53)44-81-73(94)66-40-59(91)47-89(66)74(95)70(75(2,3)4)83-68(92)8-7-29-85-30-25-57(26-31-85)87-32-23-51(24-33-87)43-79-64-20-18-61(41-65(64)90(96)97)102(98,99)84-72(93)62-19-17-58(39-67(62)100-60-38-54-22-28-78-71(54)80-45-60)88-36-34-86(35-37-88)46-55-21-27-76(5,6)42-63(55)52-13-15-56(77)16-14-52/h9-20,22,28,38-39,41,45,48,51,57,59,66,70,79,91H,7-8,21,23-27,29-37,40,42-44,46-47H2,1-6H3,(H,78,80)(H,81,94)(H,83,92)(H,84,93)/t59-,66+,70-/m1/s1. The average Bonchev–Trinajstić information content (AvgIpc) is 0.987. The average molecular weight is 1450 g/mol. The molecule has 1 aliphatic carbocycles. The van der Waals surface area contributed by atoms with E-state index in [4.69, 9.17) is 16.3 Å². The van der Waals surface area contributed by atoms with Gasteiger partial charge in [0, 0.05) is 106 Å². The van der Waals surface area contributed by atoms with Gasteiger partial charge in [0.25, 0.3) is 21.6 Å². The molecule has 0 bridgehead atoms. The number of aryl methyl sites for hydroxylation is 1. The number of aliphatic hydroxyl groups excluding tert-OH is 1. The molecule has 0 radical (unpaired) electrons. The molecule has 3 aromatic heterocycles. The zero-order valence-corrected chi connectivity index (χ0v) is 61.4. The van der Waals surface area contributed by atoms with Crippen LogP contribution in [-0.2, 0) is 31.0 Å². The number of likely N-dealkylation sites (tertiary alicyclic amines) is 3. The first-order valence-electron chi connectivity index (χ1n) is 35.6. The topological polar surface area (TPSA) is 281 Å². The van der Waals surface area contributed by atoms with E-state index >= 15 is 0 Å². The number of benzene rings is 4. The van der Waals surface area contributed by atoms with Crippen LogP contribution in [0.2, 0.25) is 5.02 Å². The molecule has 4 aliphatic heterocycles. The summed E-state index contributed by atoms with van der Waals surface area (Å²) < 4.78 is 36.7. The second kappa shape index (κ2) is 31.7. The number of anilines is 2. The number of carbonyl (C=O) groups is 4. The highest BCUT2D eigenvalue weighted by molar-refractivity contribution is 7.90. The number of hydrogen-bond donors (Lipinski definition) is 6. The summed E-state index contributed by atoms with van der Waals surface area (Å²) in [5, 5.41) is 34.0. The quantitative estimate of drug-likeness (QED) is 0.0242. The predicted molar refractivity (Wildman–Crippen MR) is 398 cm³/mol. The monoisotopic (exact) mass is 1450 g/mol. The smallest absolute Gasteiger partial charge is 0.293 e. The third kappa shape index (κ3) is 18.0. The molecule has 3 atom stereocenters. The highest BCUT2D eigenvalue weighted by Crippen LogP contribution is 2.44. The Balaban J connectivity index is 0.594. The molecular weight excluding hydrogens is 1350 g/mol. The summed E-state index contributed by atoms with van der Waals surface area (Å²) in [4.78, 5) is 91.2. The number of carbonyl (C=O) groups excluding carboxylic acids is 4. The van der Waals surface area contributed by atoms with Crippen LogP contribution in [0.25, 0.3) is 27.0 Å². The van der Waals surface area contributed by atoms with Crippen LogP contribution in [0.5, 0.6) is 11.5 Å². The molecule has 7 aromatic rings. The number of thiazole rings is 1. The second-order valence-corrected chi connectivity index (χ2v) is 32.9. The first-order valence-corrected chi connectivity index (χ1v) is 38.3. The number of rotatable bonds is 24. The first kappa shape index (κ1) is 73.5. The number of amides is 4. The maximum atomic E-state index is 14.3. The van der Waals surface area contributed by atoms with E-state index in [9.17, 15) is 42.8 Å². The molecule has 4 fully saturated rings. The Morgan fingerprint density at radius 2 is 1.62 bits per heavy atom. The van der Waals surface area contributed by atoms with Gasteiger partial charge in [-0.1, -0.05) is 88.2 Å². The number of hydrogen-bond acceptors (Lipinski definition) is 18. The second-order valence-electron chi connectivity index (χ2n) is 29.9. The number of nitro benzene ring substituents is 1. The number of allylic oxidation sites excluding steroid dienone is 1. The minimum Gasteiger partial charge on any atom is -0.455 e. The number of nitro groups is 1. The number of ether oxygens (including phenoxy) is 1. The highest BCUT2D eigenvalue weighted by atomic mass is 35.5. The van der Waals surface area contributed by atoms with Crippen molar-refractivity contribution in [2.24, 2.45) is 16.7 Å². The van der Waals surface area contributed by atoms with Gasteiger partial charge < -0.3 is 50.4 Å². The van der Waals surface area contributed by atoms with Crippen LogP contribution in [-0.4, -0.2) is 179 Å². The molecule has 0 spiro atoms. The van der Waals surface area contributed by atoms with Gasteiger partial charge in [-0.3, -0.25) is 34.2 Å². The molecule has 5 aliphatic rings. The number of sulfonamides is 1. The molecule has 0 saturated carbocycles. The van der Waals surface area contributed by atoms with E-state index in [1.165, 1.54) is 39.9 Å². The summed E-state index contributed by atoms with van der Waals surface area (Å²) in [7, 11) is -4.65. The summed E-state index contributed by atoms with van der Waals surface area (Å²) in [5.41, 5.74) is 9.43. The molecule has 4 amide bonds. The van der Waals surface area contributed by atoms with Gasteiger partial charge in [0.1, 0.15) is 34.9 Å². The van der Waals surface area contributed by atoms with E-state index in [1.54, 1.807) is 41.8 Å². The lowest BCUT2D eigenvalue weighted by Gasteiger charge is -2.42. The summed E-state index contributed by atoms with van der Waals surface area (Å²) in [6, 6.07) is 27.0. The fourth-order valence-electron chi connectivity index (χ4n) is 15.0. The van der Waals surface area contributed by atoms with Crippen molar-refractivity contribution in [2.75, 3.05) is 88.8 Å². The van der Waals surface area contributed by atoms with E-state index < -0.39 is 60.9 Å². The number of halogens is 1. The van der Waals surface area contributed by atoms with Gasteiger partial charge in [0.15, 0.2) is 0 Å². The largest absolute Gasteiger partial charge is 0.455 e. The fourth-order valence-corrected chi connectivity index (χ4v) is 16.9. The van der Waals surface area contributed by atoms with Crippen molar-refractivity contribution in [1.29, 1.82) is 0 Å². The number of aliphatic hydroxyl groups is 1. The van der Waals surface area contributed by atoms with E-state index in [0.717, 1.165) is 136 Å². The van der Waals surface area contributed by atoms with Crippen LogP contribution in [0, 0.1) is 33.8 Å². The maximum Gasteiger partial charge on any atom is 0.293 e. The van der Waals surface area contributed by atoms with Crippen molar-refractivity contribution in [1.82, 2.24) is 49.9 Å². The summed E-state index contributed by atoms with van der Waals surface area (Å²) >= 11 is 7.86. The molecule has 7 heterocycles. The molecular formula is C76H94ClN13O10S2. The molecule has 23 nitrogen and oxygen atoms in total. The Bertz CT molecular complexity index is 4320. The third-order valence-corrected chi connectivity index (χ3v) is 23.5. The van der Waals surface area contributed by atoms with Crippen LogP contribution in [0.4, 0.5) is 17.1 Å². The summed E-state index contributed by atoms with van der Waals surface area (Å²) in [6.45, 7) is 21.1. The minimum atomic E-state index is -4.65. The number of nitrogens with zero attached hydrogens (tertiary/aromatic N) is 8. The van der Waals surface area contributed by atoms with Crippen molar-refractivity contribution in [3.05, 3.63) is 158 Å². The number of piperazine rings is 1. The van der Waals surface area contributed by atoms with Crippen molar-refractivity contribution in [3.63, 3.8) is 0 Å². The number of fused-ring (bicyclic) bond motifs is 1. The number of aromatic nitrogens is 3. The molecule has 26 heteroatoms. The van der Waals surface area contributed by atoms with Crippen molar-refractivity contribution in [2.45, 2.75) is 141 Å². The van der Waals surface area contributed by atoms with Gasteiger partial charge in [-0.25, -0.2) is 23.1 Å². The van der Waals surface area contributed by atoms with Gasteiger partial charge in [-0.05, 0) is 179 Å². The zero-order chi connectivity index (χ0) is 72.0. The summed E-state index contributed by atoms with van der Waals surface area (Å²) in [5.74, 6) is -1.32. The number of H-pyrrole nitrogens is 1. The van der Waals surface area contributed by atoms with Gasteiger partial charge in [-0.15, -0.1) is 11.3 Å². The van der Waals surface area contributed by atoms with Crippen LogP contribution >= 0.6 is 22.9 Å². The predicted octanol–water partition coefficient (Wildman–Crippen LogP) is 11.4. The van der Waals surface area contributed by atoms with Crippen molar-refractivity contribution < 1.29 is 42.4 Å². The Kier molecular flexibility index (Phi) is 22.9. The van der Waals surface area contributed by atoms with E-state index in [2.05, 4.69) is 81.2 Å². The number of pyridine rings is 1. The maximum absolute atomic E-state index is 14.3. The Morgan fingerprint density at radius 3 is 2.32 bits per heavy atom. The Hall–Kier alpha value is -8.30. The molecule has 6 N–H and O–H groups in total. The molecule has 4 saturated heterocycles. The first-order chi connectivity index (χ1) is 48.8. The van der Waals surface area contributed by atoms with Gasteiger partial charge in [0.2, 0.25) is 17.7 Å². The zero-order valence-electron chi connectivity index (χ0n) is 59.0. The highest BCUT2D eigenvalue weighted by Gasteiger charge is 2.45. The Labute approximate surface area is 606 Å². The Morgan fingerprint density at radius 1 is 0.882 bits per heavy atom. The lowest BCUT2D eigenvalue weighted by atomic mass is 9.72. The summed E-state index contributed by atoms with van der Waals surface area (Å²) in [6.07, 6.45) is 10.2. The molecule has 12 rings (SSSR count). The van der Waals surface area contributed by atoms with E-state index in [1.807, 2.05) is 75.7 Å². The number of piperidine rings is 2. The van der Waals surface area contributed by atoms with Gasteiger partial charge >= 0.3 is 0 Å². The molecule has 4 aromatic carbocycles. The number of nitrogens with one attached hydrogen (secondary N) is 5. The van der Waals surface area contributed by atoms with Crippen LogP contribution in [0.1, 0.15) is 126 Å². The van der Waals surface area contributed by atoms with Crippen LogP contribution < -0.4 is 30.3 Å². The third-order valence-electron chi connectivity index (χ3n) is 20.9. The van der Waals surface area contributed by atoms with Crippen molar-refractivity contribution in [3.8, 4) is 21.9 Å². The molecule has 102 heavy (non-hydrogen) atoms. The van der Waals surface area contributed by atoms with E-state index in [-0.39, 0.29) is 66.1 Å². The van der Waals surface area contributed by atoms with Gasteiger partial charge in [-0.2, -0.15) is 0 Å². The number of aromatic amines is 1. The molecule has 542 valence electrons. The lowest BCUT2D eigenvalue weighted by molar-refractivity contribution is -0.384. The van der Waals surface area contributed by atoms with Crippen molar-refractivity contribution >= 4 is 90.3 Å². The number of β-amino-alcohol motifs (C(OH)–C–C–N with tert-alkyl or cyclic N) is 1. The van der Waals surface area contributed by atoms with Crippen LogP contribution in [0.3, 0.4) is 0 Å². The SMILES string of the molecule is Cc1ncsc1-c1ccc(CNC(=O)[C@@H]2C[C@@H](O)CN2C(=O)[C@@H](NC(=O)CCCN2CCC(N3CCC(CNc4ccc(S(=O)(=O)NC(=O)c5ccc(N6CCN(CC7=C(c8ccc(Cl)cc8)CC(C)(C)CC7)CC6)cc5Oc5cnc6[nH]ccc6c5)cc4[N+](=O)[O-])CC3)CC2)C(C)(C)C)cc1. The normalized spacial score (nSPS) is 19.4. The van der Waals surface area contributed by atoms with E-state index in [0.29, 0.717) is 48.5 Å². The lowest BCUT2D eigenvalue weighted by Crippen LogP contribution is -2.57. The fraction of sp³-hybridized carbons (Fsp3) is 0.474. The van der Waals surface area contributed by atoms with Gasteiger partial charge in [0.05, 0.1) is 43.8 Å². The van der Waals surface area contributed by atoms with Crippen LogP contribution in [0.15, 0.2) is 125 Å². The minimum absolute atomic E-state index is 0.00341.